The van der Waals surface area contributed by atoms with E-state index in [1.54, 1.807) is 30.3 Å². The second-order valence-electron chi connectivity index (χ2n) is 10.3. The molecule has 218 valence electrons. The van der Waals surface area contributed by atoms with Gasteiger partial charge in [-0.05, 0) is 28.7 Å². The molecular formula is C27H24F7N5O2. The molecular weight excluding hydrogens is 559 g/mol. The molecule has 0 bridgehead atoms. The average Bonchev–Trinajstić information content (AvgIpc) is 3.53. The van der Waals surface area contributed by atoms with Crippen molar-refractivity contribution in [3.63, 3.8) is 0 Å². The van der Waals surface area contributed by atoms with Gasteiger partial charge in [0, 0.05) is 19.3 Å². The molecule has 1 aliphatic carbocycles. The Labute approximate surface area is 229 Å². The quantitative estimate of drug-likeness (QED) is 0.389. The topological polar surface area (TPSA) is 91.0 Å². The van der Waals surface area contributed by atoms with Crippen molar-refractivity contribution in [2.24, 2.45) is 0 Å². The van der Waals surface area contributed by atoms with Crippen LogP contribution in [0.1, 0.15) is 59.3 Å². The second-order valence-corrected chi connectivity index (χ2v) is 10.3. The number of benzene rings is 2. The van der Waals surface area contributed by atoms with Gasteiger partial charge in [-0.1, -0.05) is 42.5 Å². The minimum atomic E-state index is -4.87. The molecule has 1 aromatic heterocycles. The molecule has 2 N–H and O–H groups in total. The first-order chi connectivity index (χ1) is 19.3. The lowest BCUT2D eigenvalue weighted by Crippen LogP contribution is -2.47. The number of rotatable bonds is 7. The summed E-state index contributed by atoms with van der Waals surface area (Å²) < 4.78 is 95.7. The molecule has 0 spiro atoms. The Morgan fingerprint density at radius 1 is 1.07 bits per heavy atom. The zero-order valence-electron chi connectivity index (χ0n) is 21.3. The Kier molecular flexibility index (Phi) is 7.51. The Bertz CT molecular complexity index is 1420. The lowest BCUT2D eigenvalue weighted by Gasteiger charge is -2.35. The van der Waals surface area contributed by atoms with Crippen LogP contribution in [0.25, 0.3) is 0 Å². The fraction of sp³-hybridized carbons (Fsp3) is 0.407. The van der Waals surface area contributed by atoms with Gasteiger partial charge in [-0.2, -0.15) is 28.6 Å². The largest absolute Gasteiger partial charge is 0.437 e. The standard InChI is InChI=1S/C27H24F7N5O2/c28-17-9-21(39(13-17)22(40)10-20-24(27(32,33)34)37-38-36-20)25(41)35-23(14-4-2-1-3-5-14)15-6-7-18(19(29)8-15)16-11-26(30,31)12-16/h1-8,16-17,21,23H,9-13H2,(H,35,41)(H,36,37,38)/t17-,21+,23+/m1/s1. The second kappa shape index (κ2) is 10.8. The van der Waals surface area contributed by atoms with E-state index in [1.165, 1.54) is 12.1 Å². The number of halogens is 7. The van der Waals surface area contributed by atoms with Crippen LogP contribution in [0.15, 0.2) is 48.5 Å². The Hall–Kier alpha value is -3.97. The van der Waals surface area contributed by atoms with Crippen LogP contribution in [0, 0.1) is 5.82 Å². The Morgan fingerprint density at radius 3 is 2.41 bits per heavy atom. The summed E-state index contributed by atoms with van der Waals surface area (Å²) >= 11 is 0. The van der Waals surface area contributed by atoms with Crippen molar-refractivity contribution < 1.29 is 40.3 Å². The molecule has 14 heteroatoms. The number of hydrogen-bond acceptors (Lipinski definition) is 4. The molecule has 41 heavy (non-hydrogen) atoms. The van der Waals surface area contributed by atoms with Crippen molar-refractivity contribution >= 4 is 11.8 Å². The number of H-pyrrole nitrogens is 1. The summed E-state index contributed by atoms with van der Waals surface area (Å²) in [5, 5.41) is 10.9. The third-order valence-electron chi connectivity index (χ3n) is 7.39. The highest BCUT2D eigenvalue weighted by molar-refractivity contribution is 5.89. The molecule has 1 saturated heterocycles. The van der Waals surface area contributed by atoms with E-state index in [1.807, 2.05) is 5.21 Å². The predicted molar refractivity (Wildman–Crippen MR) is 130 cm³/mol. The van der Waals surface area contributed by atoms with E-state index in [0.29, 0.717) is 5.56 Å². The molecule has 1 saturated carbocycles. The van der Waals surface area contributed by atoms with Crippen LogP contribution in [0.2, 0.25) is 0 Å². The highest BCUT2D eigenvalue weighted by atomic mass is 19.4. The number of alkyl halides is 6. The number of nitrogens with one attached hydrogen (secondary N) is 2. The van der Waals surface area contributed by atoms with Gasteiger partial charge in [0.15, 0.2) is 5.69 Å². The average molecular weight is 584 g/mol. The third-order valence-corrected chi connectivity index (χ3v) is 7.39. The van der Waals surface area contributed by atoms with E-state index in [9.17, 15) is 35.9 Å². The molecule has 2 amide bonds. The lowest BCUT2D eigenvalue weighted by atomic mass is 9.76. The monoisotopic (exact) mass is 583 g/mol. The van der Waals surface area contributed by atoms with Gasteiger partial charge in [0.2, 0.25) is 17.7 Å². The van der Waals surface area contributed by atoms with Crippen molar-refractivity contribution in [1.82, 2.24) is 25.6 Å². The first-order valence-electron chi connectivity index (χ1n) is 12.8. The van der Waals surface area contributed by atoms with Crippen LogP contribution >= 0.6 is 0 Å². The number of aromatic nitrogens is 3. The van der Waals surface area contributed by atoms with Gasteiger partial charge >= 0.3 is 6.18 Å². The summed E-state index contributed by atoms with van der Waals surface area (Å²) in [6, 6.07) is 10.1. The molecule has 3 aromatic rings. The van der Waals surface area contributed by atoms with E-state index in [-0.39, 0.29) is 11.1 Å². The minimum Gasteiger partial charge on any atom is -0.343 e. The molecule has 2 aliphatic rings. The van der Waals surface area contributed by atoms with Gasteiger partial charge in [0.25, 0.3) is 0 Å². The highest BCUT2D eigenvalue weighted by Gasteiger charge is 2.47. The van der Waals surface area contributed by atoms with Crippen LogP contribution in [-0.2, 0) is 22.2 Å². The summed E-state index contributed by atoms with van der Waals surface area (Å²) in [4.78, 5) is 27.2. The fourth-order valence-corrected chi connectivity index (χ4v) is 5.33. The lowest BCUT2D eigenvalue weighted by molar-refractivity contribution is -0.143. The molecule has 2 fully saturated rings. The number of hydrogen-bond donors (Lipinski definition) is 2. The normalized spacial score (nSPS) is 21.4. The molecule has 2 heterocycles. The molecule has 7 nitrogen and oxygen atoms in total. The van der Waals surface area contributed by atoms with Crippen LogP contribution < -0.4 is 5.32 Å². The van der Waals surface area contributed by atoms with Gasteiger partial charge in [0.1, 0.15) is 23.7 Å². The number of carbonyl (C=O) groups is 2. The van der Waals surface area contributed by atoms with Gasteiger partial charge in [-0.3, -0.25) is 9.59 Å². The third kappa shape index (κ3) is 6.05. The molecule has 0 radical (unpaired) electrons. The van der Waals surface area contributed by atoms with E-state index >= 15 is 4.39 Å². The first-order valence-corrected chi connectivity index (χ1v) is 12.8. The molecule has 3 atom stereocenters. The summed E-state index contributed by atoms with van der Waals surface area (Å²) in [5.74, 6) is -5.93. The van der Waals surface area contributed by atoms with Gasteiger partial charge in [-0.15, -0.1) is 0 Å². The molecule has 5 rings (SSSR count). The Balaban J connectivity index is 1.37. The van der Waals surface area contributed by atoms with Crippen molar-refractivity contribution in [2.75, 3.05) is 6.54 Å². The predicted octanol–water partition coefficient (Wildman–Crippen LogP) is 4.86. The maximum absolute atomic E-state index is 15.0. The van der Waals surface area contributed by atoms with Gasteiger partial charge in [-0.25, -0.2) is 17.6 Å². The summed E-state index contributed by atoms with van der Waals surface area (Å²) in [5.41, 5.74) is -1.14. The number of likely N-dealkylation sites (tertiary alicyclic amines) is 1. The number of nitrogens with zero attached hydrogens (tertiary/aromatic N) is 3. The molecule has 2 aromatic carbocycles. The zero-order valence-corrected chi connectivity index (χ0v) is 21.3. The van der Waals surface area contributed by atoms with E-state index < -0.39 is 97.5 Å². The van der Waals surface area contributed by atoms with Gasteiger partial charge in [0.05, 0.1) is 19.0 Å². The van der Waals surface area contributed by atoms with E-state index in [0.717, 1.165) is 11.0 Å². The van der Waals surface area contributed by atoms with Crippen molar-refractivity contribution in [3.05, 3.63) is 82.4 Å². The summed E-state index contributed by atoms with van der Waals surface area (Å²) in [6.45, 7) is -0.512. The number of carbonyl (C=O) groups excluding carboxylic acids is 2. The van der Waals surface area contributed by atoms with Crippen molar-refractivity contribution in [1.29, 1.82) is 0 Å². The van der Waals surface area contributed by atoms with E-state index in [4.69, 9.17) is 0 Å². The minimum absolute atomic E-state index is 0.136. The van der Waals surface area contributed by atoms with Crippen LogP contribution in [0.5, 0.6) is 0 Å². The van der Waals surface area contributed by atoms with Crippen LogP contribution in [0.4, 0.5) is 30.7 Å². The maximum Gasteiger partial charge on any atom is 0.437 e. The first kappa shape index (κ1) is 28.6. The fourth-order valence-electron chi connectivity index (χ4n) is 5.33. The van der Waals surface area contributed by atoms with Crippen LogP contribution in [0.3, 0.4) is 0 Å². The zero-order chi connectivity index (χ0) is 29.5. The molecule has 0 unspecified atom stereocenters. The molecule has 1 aliphatic heterocycles. The Morgan fingerprint density at radius 2 is 1.78 bits per heavy atom. The highest BCUT2D eigenvalue weighted by Crippen LogP contribution is 2.49. The van der Waals surface area contributed by atoms with E-state index in [2.05, 4.69) is 15.5 Å². The smallest absolute Gasteiger partial charge is 0.343 e. The summed E-state index contributed by atoms with van der Waals surface area (Å²) in [6.07, 6.45) is -8.67. The van der Waals surface area contributed by atoms with Crippen molar-refractivity contribution in [2.45, 2.75) is 62.0 Å². The van der Waals surface area contributed by atoms with Crippen molar-refractivity contribution in [3.8, 4) is 0 Å². The van der Waals surface area contributed by atoms with Gasteiger partial charge < -0.3 is 10.2 Å². The number of aromatic amines is 1. The SMILES string of the molecule is O=C(N[C@@H](c1ccccc1)c1ccc(C2CC(F)(F)C2)c(F)c1)[C@@H]1C[C@@H](F)CN1C(=O)Cc1n[nH]nc1C(F)(F)F. The number of amides is 2. The van der Waals surface area contributed by atoms with Crippen LogP contribution in [-0.4, -0.2) is 56.8 Å². The maximum atomic E-state index is 15.0. The summed E-state index contributed by atoms with van der Waals surface area (Å²) in [7, 11) is 0.